The summed E-state index contributed by atoms with van der Waals surface area (Å²) in [6, 6.07) is 0. The Kier molecular flexibility index (Phi) is 4.85. The lowest BCUT2D eigenvalue weighted by molar-refractivity contribution is -0.0127. The zero-order chi connectivity index (χ0) is 15.7. The lowest BCUT2D eigenvalue weighted by Gasteiger charge is -2.50. The summed E-state index contributed by atoms with van der Waals surface area (Å²) < 4.78 is 0. The zero-order valence-electron chi connectivity index (χ0n) is 13.9. The normalized spacial score (nSPS) is 34.3. The van der Waals surface area contributed by atoms with Gasteiger partial charge in [0.15, 0.2) is 0 Å². The van der Waals surface area contributed by atoms with Crippen molar-refractivity contribution >= 4 is 0 Å². The Balaban J connectivity index is 2.14. The second-order valence-corrected chi connectivity index (χ2v) is 7.69. The van der Waals surface area contributed by atoms with Crippen LogP contribution < -0.4 is 0 Å². The third kappa shape index (κ3) is 3.71. The predicted octanol–water partition coefficient (Wildman–Crippen LogP) is 3.67. The highest BCUT2D eigenvalue weighted by molar-refractivity contribution is 5.25. The van der Waals surface area contributed by atoms with Crippen molar-refractivity contribution in [3.63, 3.8) is 0 Å². The van der Waals surface area contributed by atoms with E-state index in [0.717, 1.165) is 32.1 Å². The van der Waals surface area contributed by atoms with Gasteiger partial charge in [-0.05, 0) is 63.2 Å². The van der Waals surface area contributed by atoms with E-state index in [4.69, 9.17) is 0 Å². The number of hydrogen-bond acceptors (Lipinski definition) is 2. The Morgan fingerprint density at radius 1 is 1.43 bits per heavy atom. The van der Waals surface area contributed by atoms with Crippen LogP contribution in [0.15, 0.2) is 11.6 Å². The molecule has 2 rings (SSSR count). The van der Waals surface area contributed by atoms with Crippen LogP contribution in [0.25, 0.3) is 0 Å². The molecule has 0 amide bonds. The fraction of sp³-hybridized carbons (Fsp3) is 0.789. The third-order valence-electron chi connectivity index (χ3n) is 5.31. The first kappa shape index (κ1) is 16.6. The fourth-order valence-corrected chi connectivity index (χ4v) is 4.31. The number of allylic oxidation sites excluding steroid dienone is 2. The van der Waals surface area contributed by atoms with E-state index < -0.39 is 5.60 Å². The van der Waals surface area contributed by atoms with E-state index in [0.29, 0.717) is 11.8 Å². The van der Waals surface area contributed by atoms with Crippen LogP contribution in [0.5, 0.6) is 0 Å². The molecule has 0 unspecified atom stereocenters. The molecule has 2 heteroatoms. The highest BCUT2D eigenvalue weighted by Crippen LogP contribution is 2.53. The van der Waals surface area contributed by atoms with Crippen molar-refractivity contribution in [1.82, 2.24) is 0 Å². The number of aliphatic hydroxyl groups excluding tert-OH is 1. The van der Waals surface area contributed by atoms with E-state index >= 15 is 0 Å². The molecule has 2 aliphatic carbocycles. The summed E-state index contributed by atoms with van der Waals surface area (Å²) in [5.74, 6) is 6.87. The fourth-order valence-electron chi connectivity index (χ4n) is 4.31. The second kappa shape index (κ2) is 6.15. The average Bonchev–Trinajstić information content (AvgIpc) is 2.36. The molecule has 2 N–H and O–H groups in total. The SMILES string of the molecule is C[C@H](CC#CC(C)(C)O)C1=CCC[C@H]2[C@@H](O)CCC[C@]12C. The molecule has 0 aromatic carbocycles. The van der Waals surface area contributed by atoms with Crippen molar-refractivity contribution in [2.75, 3.05) is 0 Å². The molecular weight excluding hydrogens is 260 g/mol. The minimum Gasteiger partial charge on any atom is -0.393 e. The minimum absolute atomic E-state index is 0.137. The predicted molar refractivity (Wildman–Crippen MR) is 86.6 cm³/mol. The molecule has 0 aromatic heterocycles. The molecule has 118 valence electrons. The molecule has 0 heterocycles. The highest BCUT2D eigenvalue weighted by Gasteiger charge is 2.46. The summed E-state index contributed by atoms with van der Waals surface area (Å²) in [5, 5.41) is 20.1. The van der Waals surface area contributed by atoms with Gasteiger partial charge in [0.1, 0.15) is 5.60 Å². The van der Waals surface area contributed by atoms with Gasteiger partial charge in [0.25, 0.3) is 0 Å². The van der Waals surface area contributed by atoms with Crippen molar-refractivity contribution in [3.05, 3.63) is 11.6 Å². The number of fused-ring (bicyclic) bond motifs is 1. The van der Waals surface area contributed by atoms with E-state index in [-0.39, 0.29) is 11.5 Å². The van der Waals surface area contributed by atoms with Gasteiger partial charge in [0, 0.05) is 6.42 Å². The van der Waals surface area contributed by atoms with Gasteiger partial charge in [-0.25, -0.2) is 0 Å². The molecule has 2 nitrogen and oxygen atoms in total. The molecule has 0 aliphatic heterocycles. The van der Waals surface area contributed by atoms with Crippen LogP contribution in [0.4, 0.5) is 0 Å². The van der Waals surface area contributed by atoms with Crippen molar-refractivity contribution < 1.29 is 10.2 Å². The van der Waals surface area contributed by atoms with Crippen LogP contribution >= 0.6 is 0 Å². The Morgan fingerprint density at radius 2 is 2.14 bits per heavy atom. The first-order valence-corrected chi connectivity index (χ1v) is 8.35. The second-order valence-electron chi connectivity index (χ2n) is 7.69. The van der Waals surface area contributed by atoms with Crippen molar-refractivity contribution in [2.45, 2.75) is 77.9 Å². The van der Waals surface area contributed by atoms with Crippen molar-refractivity contribution in [3.8, 4) is 11.8 Å². The highest BCUT2D eigenvalue weighted by atomic mass is 16.3. The first-order chi connectivity index (χ1) is 9.74. The molecule has 0 aromatic rings. The molecule has 2 aliphatic rings. The summed E-state index contributed by atoms with van der Waals surface area (Å²) in [7, 11) is 0. The van der Waals surface area contributed by atoms with E-state index in [9.17, 15) is 10.2 Å². The summed E-state index contributed by atoms with van der Waals surface area (Å²) in [6.07, 6.45) is 8.50. The van der Waals surface area contributed by atoms with E-state index in [1.807, 2.05) is 0 Å². The molecule has 0 radical (unpaired) electrons. The zero-order valence-corrected chi connectivity index (χ0v) is 13.9. The van der Waals surface area contributed by atoms with Gasteiger partial charge < -0.3 is 10.2 Å². The van der Waals surface area contributed by atoms with Gasteiger partial charge in [0.05, 0.1) is 6.10 Å². The molecular formula is C19H30O2. The number of aliphatic hydroxyl groups is 2. The van der Waals surface area contributed by atoms with Crippen molar-refractivity contribution in [1.29, 1.82) is 0 Å². The van der Waals surface area contributed by atoms with Gasteiger partial charge in [-0.15, -0.1) is 0 Å². The average molecular weight is 290 g/mol. The number of rotatable bonds is 2. The summed E-state index contributed by atoms with van der Waals surface area (Å²) in [5.41, 5.74) is 0.724. The van der Waals surface area contributed by atoms with Gasteiger partial charge in [-0.2, -0.15) is 0 Å². The Bertz CT molecular complexity index is 460. The largest absolute Gasteiger partial charge is 0.393 e. The number of hydrogen-bond donors (Lipinski definition) is 2. The summed E-state index contributed by atoms with van der Waals surface area (Å²) in [6.45, 7) is 8.02. The molecule has 0 saturated heterocycles. The van der Waals surface area contributed by atoms with Crippen LogP contribution in [0, 0.1) is 29.1 Å². The van der Waals surface area contributed by atoms with Crippen LogP contribution in [0.2, 0.25) is 0 Å². The van der Waals surface area contributed by atoms with Crippen LogP contribution in [0.3, 0.4) is 0 Å². The first-order valence-electron chi connectivity index (χ1n) is 8.35. The Labute approximate surface area is 129 Å². The van der Waals surface area contributed by atoms with E-state index in [1.165, 1.54) is 12.0 Å². The standard InChI is InChI=1S/C19H30O2/c1-14(8-6-12-18(2,3)21)15-9-5-10-16-17(20)11-7-13-19(15,16)4/h9,14,16-17,20-21H,5,7-8,10-11,13H2,1-4H3/t14-,16+,17+,19-/m1/s1. The maximum atomic E-state index is 10.4. The smallest absolute Gasteiger partial charge is 0.119 e. The van der Waals surface area contributed by atoms with Crippen LogP contribution in [0.1, 0.15) is 66.2 Å². The van der Waals surface area contributed by atoms with Gasteiger partial charge in [0.2, 0.25) is 0 Å². The van der Waals surface area contributed by atoms with Crippen LogP contribution in [-0.2, 0) is 0 Å². The lowest BCUT2D eigenvalue weighted by atomic mass is 9.56. The molecule has 1 saturated carbocycles. The maximum Gasteiger partial charge on any atom is 0.119 e. The van der Waals surface area contributed by atoms with Crippen LogP contribution in [-0.4, -0.2) is 21.9 Å². The topological polar surface area (TPSA) is 40.5 Å². The van der Waals surface area contributed by atoms with E-state index in [1.54, 1.807) is 13.8 Å². The Hall–Kier alpha value is -0.780. The molecule has 0 bridgehead atoms. The molecule has 1 fully saturated rings. The summed E-state index contributed by atoms with van der Waals surface area (Å²) >= 11 is 0. The summed E-state index contributed by atoms with van der Waals surface area (Å²) in [4.78, 5) is 0. The Morgan fingerprint density at radius 3 is 2.81 bits per heavy atom. The van der Waals surface area contributed by atoms with Gasteiger partial charge in [-0.3, -0.25) is 0 Å². The maximum absolute atomic E-state index is 10.4. The molecule has 0 spiro atoms. The van der Waals surface area contributed by atoms with Gasteiger partial charge in [-0.1, -0.05) is 37.3 Å². The third-order valence-corrected chi connectivity index (χ3v) is 5.31. The minimum atomic E-state index is -0.909. The lowest BCUT2D eigenvalue weighted by Crippen LogP contribution is -2.44. The van der Waals surface area contributed by atoms with E-state index in [2.05, 4.69) is 31.8 Å². The monoisotopic (exact) mass is 290 g/mol. The van der Waals surface area contributed by atoms with Crippen molar-refractivity contribution in [2.24, 2.45) is 17.3 Å². The van der Waals surface area contributed by atoms with Gasteiger partial charge >= 0.3 is 0 Å². The molecule has 4 atom stereocenters. The quantitative estimate of drug-likeness (QED) is 0.601. The molecule has 21 heavy (non-hydrogen) atoms.